The van der Waals surface area contributed by atoms with Crippen LogP contribution in [0, 0.1) is 0 Å². The van der Waals surface area contributed by atoms with Gasteiger partial charge < -0.3 is 19.6 Å². The molecule has 0 unspecified atom stereocenters. The lowest BCUT2D eigenvalue weighted by molar-refractivity contribution is 0.767. The molecule has 0 bridgehead atoms. The zero-order valence-electron chi connectivity index (χ0n) is 61.3. The summed E-state index contributed by atoms with van der Waals surface area (Å²) in [6, 6.07) is 107. The average molecular weight is 1480 g/mol. The van der Waals surface area contributed by atoms with Gasteiger partial charge in [0, 0.05) is 77.2 Å². The second-order valence-electron chi connectivity index (χ2n) is 28.2. The van der Waals surface area contributed by atoms with Gasteiger partial charge >= 0.3 is 0 Å². The van der Waals surface area contributed by atoms with Crippen LogP contribution in [0.25, 0.3) is 11.1 Å². The van der Waals surface area contributed by atoms with Crippen molar-refractivity contribution in [2.24, 2.45) is 0 Å². The molecule has 0 fully saturated rings. The molecule has 0 saturated carbocycles. The number of halogens is 2. The van der Waals surface area contributed by atoms with Gasteiger partial charge in [0.25, 0.3) is 0 Å². The molecule has 0 saturated heterocycles. The van der Waals surface area contributed by atoms with E-state index in [1.54, 1.807) is 0 Å². The number of hydrogen-bond donors (Lipinski definition) is 0. The summed E-state index contributed by atoms with van der Waals surface area (Å²) in [6.07, 6.45) is 20.6. The van der Waals surface area contributed by atoms with Gasteiger partial charge in [0.15, 0.2) is 0 Å². The fourth-order valence-corrected chi connectivity index (χ4v) is 15.9. The highest BCUT2D eigenvalue weighted by atomic mass is 79.9. The van der Waals surface area contributed by atoms with Crippen LogP contribution in [0.3, 0.4) is 0 Å². The molecule has 0 spiro atoms. The maximum absolute atomic E-state index is 4.02. The highest BCUT2D eigenvalue weighted by Gasteiger charge is 2.47. The third kappa shape index (κ3) is 16.3. The van der Waals surface area contributed by atoms with E-state index in [1.807, 2.05) is 0 Å². The second kappa shape index (κ2) is 34.4. The Morgan fingerprint density at radius 1 is 0.214 bits per heavy atom. The Kier molecular flexibility index (Phi) is 24.1. The molecule has 0 N–H and O–H groups in total. The molecule has 4 nitrogen and oxygen atoms in total. The zero-order valence-corrected chi connectivity index (χ0v) is 64.5. The Morgan fingerprint density at radius 3 is 0.553 bits per heavy atom. The number of anilines is 12. The first-order valence-electron chi connectivity index (χ1n) is 38.4. The summed E-state index contributed by atoms with van der Waals surface area (Å²) in [5.41, 5.74) is 28.3. The van der Waals surface area contributed by atoms with Crippen molar-refractivity contribution in [3.05, 3.63) is 344 Å². The van der Waals surface area contributed by atoms with Crippen molar-refractivity contribution >= 4 is 100 Å². The highest BCUT2D eigenvalue weighted by Crippen LogP contribution is 2.58. The van der Waals surface area contributed by atoms with E-state index in [9.17, 15) is 0 Å². The van der Waals surface area contributed by atoms with E-state index in [2.05, 4.69) is 372 Å². The lowest BCUT2D eigenvalue weighted by atomic mass is 9.67. The molecule has 522 valence electrons. The maximum atomic E-state index is 4.02. The monoisotopic (exact) mass is 1480 g/mol. The Morgan fingerprint density at radius 2 is 0.379 bits per heavy atom. The molecular weight excluding hydrogens is 1380 g/mol. The van der Waals surface area contributed by atoms with Crippen LogP contribution >= 0.6 is 31.9 Å². The molecule has 12 aromatic carbocycles. The zero-order chi connectivity index (χ0) is 71.1. The highest BCUT2D eigenvalue weighted by molar-refractivity contribution is 9.10. The summed E-state index contributed by atoms with van der Waals surface area (Å²) in [5, 5.41) is 0. The summed E-state index contributed by atoms with van der Waals surface area (Å²) in [5.74, 6) is 0. The van der Waals surface area contributed by atoms with E-state index in [-0.39, 0.29) is 0 Å². The van der Waals surface area contributed by atoms with Crippen molar-refractivity contribution in [2.45, 2.75) is 163 Å². The van der Waals surface area contributed by atoms with Gasteiger partial charge in [-0.05, 0) is 314 Å². The summed E-state index contributed by atoms with van der Waals surface area (Å²) in [4.78, 5) is 9.70. The minimum absolute atomic E-state index is 0.701. The Hall–Kier alpha value is -9.20. The van der Waals surface area contributed by atoms with Crippen molar-refractivity contribution in [3.63, 3.8) is 0 Å². The van der Waals surface area contributed by atoms with Gasteiger partial charge in [-0.15, -0.1) is 0 Å². The van der Waals surface area contributed by atoms with Crippen LogP contribution in [-0.2, 0) is 43.9 Å². The molecule has 0 aliphatic heterocycles. The molecule has 0 amide bonds. The van der Waals surface area contributed by atoms with Crippen molar-refractivity contribution in [1.29, 1.82) is 0 Å². The second-order valence-corrected chi connectivity index (χ2v) is 30.0. The fourth-order valence-electron chi connectivity index (χ4n) is 15.2. The topological polar surface area (TPSA) is 13.0 Å². The smallest absolute Gasteiger partial charge is 0.0714 e. The van der Waals surface area contributed by atoms with Gasteiger partial charge in [-0.25, -0.2) is 0 Å². The third-order valence-corrected chi connectivity index (χ3v) is 22.0. The van der Waals surface area contributed by atoms with Crippen LogP contribution in [-0.4, -0.2) is 0 Å². The number of unbranched alkanes of at least 4 members (excludes halogenated alkanes) is 6. The summed E-state index contributed by atoms with van der Waals surface area (Å²) in [7, 11) is 0. The predicted molar refractivity (Wildman–Crippen MR) is 450 cm³/mol. The standard InChI is InChI=1S/C97H100Br2N4/c1-7-13-19-71-25-43-81(44-26-71)100(82-45-27-72(28-46-82)20-14-8-2)89-59-63-91(64-60-89)102(85-51-33-75(34-52-85)23-17-11-5)87-55-37-77(38-56-87)97(95-69-79(98)41-67-93(95)94-68-42-80(99)70-96(94)97)78-39-57-88(58-40-78)103(86-53-35-76(36-54-86)24-18-12-6)92-65-61-90(62-66-92)101(83-47-29-73(30-48-83)21-15-9-3)84-49-31-74(32-50-84)22-16-10-4/h25-70H,7-24H2,1-6H3. The molecule has 13 rings (SSSR count). The average Bonchev–Trinajstić information content (AvgIpc) is 1.55. The minimum Gasteiger partial charge on any atom is -0.311 e. The van der Waals surface area contributed by atoms with Crippen molar-refractivity contribution in [1.82, 2.24) is 0 Å². The van der Waals surface area contributed by atoms with E-state index in [4.69, 9.17) is 0 Å². The molecular formula is C97H100Br2N4. The first-order valence-corrected chi connectivity index (χ1v) is 40.0. The van der Waals surface area contributed by atoms with Crippen LogP contribution in [0.15, 0.2) is 288 Å². The van der Waals surface area contributed by atoms with Gasteiger partial charge in [0.2, 0.25) is 0 Å². The normalized spacial score (nSPS) is 12.1. The Labute approximate surface area is 632 Å². The molecule has 12 aromatic rings. The molecule has 0 atom stereocenters. The number of nitrogens with zero attached hydrogens (tertiary/aromatic N) is 4. The number of fused-ring (bicyclic) bond motifs is 3. The van der Waals surface area contributed by atoms with Crippen LogP contribution < -0.4 is 19.6 Å². The first kappa shape index (κ1) is 72.2. The van der Waals surface area contributed by atoms with Crippen LogP contribution in [0.1, 0.15) is 174 Å². The summed E-state index contributed by atoms with van der Waals surface area (Å²) < 4.78 is 2.09. The van der Waals surface area contributed by atoms with Crippen LogP contribution in [0.4, 0.5) is 68.2 Å². The van der Waals surface area contributed by atoms with E-state index < -0.39 is 5.41 Å². The minimum atomic E-state index is -0.701. The lowest BCUT2D eigenvalue weighted by Gasteiger charge is -2.35. The maximum Gasteiger partial charge on any atom is 0.0714 e. The SMILES string of the molecule is CCCCc1ccc(N(c2ccc(CCCC)cc2)c2ccc(N(c3ccc(CCCC)cc3)c3ccc(C4(c5ccc(N(c6ccc(CCCC)cc6)c6ccc(N(c7ccc(CCCC)cc7)c7ccc(CCCC)cc7)cc6)cc5)c5cc(Br)ccc5-c5ccc(Br)cc54)cc3)cc2)cc1. The van der Waals surface area contributed by atoms with Gasteiger partial charge in [0.1, 0.15) is 0 Å². The van der Waals surface area contributed by atoms with Crippen molar-refractivity contribution in [2.75, 3.05) is 19.6 Å². The quantitative estimate of drug-likeness (QED) is 0.0417. The summed E-state index contributed by atoms with van der Waals surface area (Å²) >= 11 is 8.04. The van der Waals surface area contributed by atoms with E-state index in [1.165, 1.54) is 118 Å². The lowest BCUT2D eigenvalue weighted by Crippen LogP contribution is -2.29. The fraction of sp³-hybridized carbons (Fsp3) is 0.258. The predicted octanol–water partition coefficient (Wildman–Crippen LogP) is 29.5. The van der Waals surface area contributed by atoms with Gasteiger partial charge in [-0.1, -0.05) is 221 Å². The number of rotatable bonds is 32. The van der Waals surface area contributed by atoms with Crippen molar-refractivity contribution < 1.29 is 0 Å². The number of benzene rings is 12. The van der Waals surface area contributed by atoms with Gasteiger partial charge in [-0.3, -0.25) is 0 Å². The largest absolute Gasteiger partial charge is 0.311 e. The van der Waals surface area contributed by atoms with E-state index in [0.717, 1.165) is 141 Å². The third-order valence-electron chi connectivity index (χ3n) is 21.0. The molecule has 0 aromatic heterocycles. The van der Waals surface area contributed by atoms with Gasteiger partial charge in [-0.2, -0.15) is 0 Å². The molecule has 0 heterocycles. The molecule has 1 aliphatic rings. The van der Waals surface area contributed by atoms with Crippen LogP contribution in [0.2, 0.25) is 0 Å². The first-order chi connectivity index (χ1) is 50.6. The number of aryl methyl sites for hydroxylation is 6. The number of hydrogen-bond acceptors (Lipinski definition) is 4. The molecule has 103 heavy (non-hydrogen) atoms. The molecule has 6 heteroatoms. The summed E-state index contributed by atoms with van der Waals surface area (Å²) in [6.45, 7) is 13.6. The Bertz CT molecular complexity index is 4260. The van der Waals surface area contributed by atoms with Crippen molar-refractivity contribution in [3.8, 4) is 11.1 Å². The van der Waals surface area contributed by atoms with E-state index >= 15 is 0 Å². The molecule has 0 radical (unpaired) electrons. The van der Waals surface area contributed by atoms with Crippen LogP contribution in [0.5, 0.6) is 0 Å². The van der Waals surface area contributed by atoms with Gasteiger partial charge in [0.05, 0.1) is 5.41 Å². The Balaban J connectivity index is 0.903. The van der Waals surface area contributed by atoms with E-state index in [0.29, 0.717) is 0 Å². The molecule has 1 aliphatic carbocycles.